The van der Waals surface area contributed by atoms with Gasteiger partial charge in [-0.1, -0.05) is 59.4 Å². The zero-order chi connectivity index (χ0) is 55.6. The van der Waals surface area contributed by atoms with E-state index in [1.54, 1.807) is 18.0 Å². The highest BCUT2D eigenvalue weighted by Crippen LogP contribution is 2.32. The molecule has 1 unspecified atom stereocenters. The molecule has 416 valence electrons. The van der Waals surface area contributed by atoms with Gasteiger partial charge in [-0.05, 0) is 74.2 Å². The van der Waals surface area contributed by atoms with E-state index < -0.39 is 65.7 Å². The molecule has 3 rings (SSSR count). The van der Waals surface area contributed by atoms with E-state index in [0.29, 0.717) is 30.0 Å². The summed E-state index contributed by atoms with van der Waals surface area (Å²) in [6.45, 7) is 12.6. The standard InChI is InChI=1S/C52H78N8O14S/c1-9-33(4)47(58-49(68)40-13-10-11-22-59(40)7)51(69)60(8)41(32(2)3)29-43(74-35(6)61)50-57-39(31-75-50)48(67)55-30-37(34(5)52(70)71)27-36-15-16-42(62)38(28-36)56-45(64)17-23-72-25-20-53-19-12-14-44(63)54-21-26-73-24-18-46(65)66/h15-16,28,31-34,37,40-41,43,47,53,62H,9-11,13,17-27,29-30H2,1-8H3,(H,54,63)(H,55,67)(H,56,64)(H,58,68)(H,65,66)(H,70,71)/t33-,34?,37+,40+,41+,43+,47-/m0/s1. The first kappa shape index (κ1) is 63.1. The molecule has 1 aromatic carbocycles. The predicted molar refractivity (Wildman–Crippen MR) is 280 cm³/mol. The van der Waals surface area contributed by atoms with E-state index in [4.69, 9.17) is 19.3 Å². The van der Waals surface area contributed by atoms with Crippen LogP contribution in [0, 0.1) is 35.5 Å². The molecule has 0 radical (unpaired) electrons. The number of amides is 5. The maximum Gasteiger partial charge on any atom is 0.306 e. The van der Waals surface area contributed by atoms with E-state index in [0.717, 1.165) is 30.7 Å². The number of nitrogens with one attached hydrogen (secondary N) is 5. The van der Waals surface area contributed by atoms with Crippen molar-refractivity contribution in [1.29, 1.82) is 0 Å². The molecule has 0 saturated carbocycles. The Labute approximate surface area is 443 Å². The zero-order valence-electron chi connectivity index (χ0n) is 44.5. The zero-order valence-corrected chi connectivity index (χ0v) is 45.3. The molecule has 1 aliphatic heterocycles. The normalized spacial score (nSPS) is 15.9. The van der Waals surface area contributed by atoms with Crippen LogP contribution in [0.1, 0.15) is 114 Å². The van der Waals surface area contributed by atoms with Crippen LogP contribution in [-0.2, 0) is 54.2 Å². The molecule has 23 heteroatoms. The summed E-state index contributed by atoms with van der Waals surface area (Å²) in [5.74, 6) is -1.62. The number of aliphatic carboxylic acids is 2. The summed E-state index contributed by atoms with van der Waals surface area (Å²) >= 11 is 1.11. The quantitative estimate of drug-likeness (QED) is 0.0226. The summed E-state index contributed by atoms with van der Waals surface area (Å²) in [4.78, 5) is 109. The number of aromatic nitrogens is 1. The van der Waals surface area contributed by atoms with Crippen LogP contribution < -0.4 is 26.6 Å². The van der Waals surface area contributed by atoms with E-state index in [9.17, 15) is 48.6 Å². The summed E-state index contributed by atoms with van der Waals surface area (Å²) in [7, 11) is 3.60. The molecule has 0 bridgehead atoms. The van der Waals surface area contributed by atoms with Gasteiger partial charge in [0, 0.05) is 51.4 Å². The molecule has 7 atom stereocenters. The monoisotopic (exact) mass is 1070 g/mol. The Balaban J connectivity index is 1.58. The van der Waals surface area contributed by atoms with Gasteiger partial charge >= 0.3 is 17.9 Å². The summed E-state index contributed by atoms with van der Waals surface area (Å²) in [6, 6.07) is 2.94. The van der Waals surface area contributed by atoms with E-state index in [-0.39, 0.29) is 119 Å². The van der Waals surface area contributed by atoms with E-state index >= 15 is 0 Å². The number of piperidine rings is 1. The highest BCUT2D eigenvalue weighted by molar-refractivity contribution is 7.09. The number of aromatic hydroxyl groups is 1. The number of hydrogen-bond donors (Lipinski definition) is 8. The van der Waals surface area contributed by atoms with Gasteiger partial charge in [0.05, 0.1) is 63.5 Å². The van der Waals surface area contributed by atoms with E-state index in [1.807, 2.05) is 39.6 Å². The number of esters is 1. The summed E-state index contributed by atoms with van der Waals surface area (Å²) in [5.41, 5.74) is 0.707. The van der Waals surface area contributed by atoms with Gasteiger partial charge in [0.15, 0.2) is 6.10 Å². The first-order valence-electron chi connectivity index (χ1n) is 25.5. The number of rotatable bonds is 32. The highest BCUT2D eigenvalue weighted by atomic mass is 32.1. The lowest BCUT2D eigenvalue weighted by molar-refractivity contribution is -0.149. The number of likely N-dealkylation sites (N-methyl/N-ethyl adjacent to an activating group) is 2. The third-order valence-corrected chi connectivity index (χ3v) is 14.0. The number of carboxylic acids is 2. The topological polar surface area (TPSA) is 304 Å². The van der Waals surface area contributed by atoms with Gasteiger partial charge in [-0.15, -0.1) is 11.3 Å². The average molecular weight is 1070 g/mol. The Morgan fingerprint density at radius 1 is 0.960 bits per heavy atom. The number of hydrogen-bond acceptors (Lipinski definition) is 16. The molecule has 1 aliphatic rings. The molecule has 22 nitrogen and oxygen atoms in total. The van der Waals surface area contributed by atoms with Crippen LogP contribution >= 0.6 is 11.3 Å². The number of nitrogens with zero attached hydrogens (tertiary/aromatic N) is 3. The van der Waals surface area contributed by atoms with Crippen molar-refractivity contribution in [2.24, 2.45) is 23.7 Å². The van der Waals surface area contributed by atoms with Crippen LogP contribution in [0.5, 0.6) is 5.75 Å². The maximum atomic E-state index is 14.3. The molecule has 1 fully saturated rings. The van der Waals surface area contributed by atoms with Gasteiger partial charge in [0.2, 0.25) is 17.7 Å². The minimum atomic E-state index is -1.10. The Hall–Kier alpha value is -6.19. The van der Waals surface area contributed by atoms with Crippen molar-refractivity contribution in [1.82, 2.24) is 36.1 Å². The first-order chi connectivity index (χ1) is 35.6. The molecule has 0 spiro atoms. The molecular weight excluding hydrogens is 993 g/mol. The van der Waals surface area contributed by atoms with Crippen LogP contribution in [0.3, 0.4) is 0 Å². The fraction of sp³-hybridized carbons (Fsp3) is 0.635. The number of carbonyl (C=O) groups is 8. The van der Waals surface area contributed by atoms with Gasteiger partial charge in [0.1, 0.15) is 22.5 Å². The number of likely N-dealkylation sites (tertiary alicyclic amines) is 1. The molecule has 1 saturated heterocycles. The van der Waals surface area contributed by atoms with E-state index in [1.165, 1.54) is 31.4 Å². The van der Waals surface area contributed by atoms with Crippen molar-refractivity contribution in [2.45, 2.75) is 117 Å². The summed E-state index contributed by atoms with van der Waals surface area (Å²) in [5, 5.41) is 45.0. The van der Waals surface area contributed by atoms with Crippen molar-refractivity contribution in [3.8, 4) is 17.6 Å². The van der Waals surface area contributed by atoms with Gasteiger partial charge in [-0.2, -0.15) is 0 Å². The largest absolute Gasteiger partial charge is 0.506 e. The molecule has 75 heavy (non-hydrogen) atoms. The Morgan fingerprint density at radius 3 is 2.32 bits per heavy atom. The van der Waals surface area contributed by atoms with Crippen LogP contribution in [0.25, 0.3) is 0 Å². The molecule has 2 heterocycles. The van der Waals surface area contributed by atoms with Gasteiger partial charge in [-0.25, -0.2) is 4.98 Å². The number of phenolic OH excluding ortho intramolecular Hbond substituents is 1. The smallest absolute Gasteiger partial charge is 0.306 e. The molecule has 8 N–H and O–H groups in total. The fourth-order valence-electron chi connectivity index (χ4n) is 8.25. The fourth-order valence-corrected chi connectivity index (χ4v) is 9.09. The molecule has 1 aromatic heterocycles. The van der Waals surface area contributed by atoms with Crippen LogP contribution in [0.2, 0.25) is 0 Å². The number of phenols is 1. The third kappa shape index (κ3) is 22.3. The third-order valence-electron chi connectivity index (χ3n) is 13.0. The molecule has 0 aliphatic carbocycles. The minimum absolute atomic E-state index is 0.0185. The number of anilines is 1. The lowest BCUT2D eigenvalue weighted by Crippen LogP contribution is -2.58. The second-order valence-corrected chi connectivity index (χ2v) is 20.0. The molecule has 2 aromatic rings. The van der Waals surface area contributed by atoms with Crippen molar-refractivity contribution in [3.05, 3.63) is 39.8 Å². The van der Waals surface area contributed by atoms with Crippen molar-refractivity contribution in [2.75, 3.05) is 78.6 Å². The van der Waals surface area contributed by atoms with Gasteiger partial charge in [-0.3, -0.25) is 43.3 Å². The lowest BCUT2D eigenvalue weighted by atomic mass is 9.87. The second kappa shape index (κ2) is 33.0. The SMILES string of the molecule is CC[C@H](C)[C@H](NC(=O)[C@H]1CCCCN1C)C(=O)N(C)[C@H](C[C@@H](OC(C)=O)c1nc(C(=O)NC[C@@H](Cc2ccc(O)c(NC(=O)CCOCCNCC#CC(=O)NCCOCCC(=O)O)c2)C(C)C(=O)O)cs1)C(C)C. The van der Waals surface area contributed by atoms with Crippen LogP contribution in [0.15, 0.2) is 23.6 Å². The summed E-state index contributed by atoms with van der Waals surface area (Å²) in [6.07, 6.45) is 2.52. The number of benzene rings is 1. The number of carbonyl (C=O) groups excluding carboxylic acids is 6. The lowest BCUT2D eigenvalue weighted by Gasteiger charge is -2.38. The van der Waals surface area contributed by atoms with Crippen molar-refractivity contribution in [3.63, 3.8) is 0 Å². The number of thiazole rings is 1. The van der Waals surface area contributed by atoms with Gasteiger partial charge in [0.25, 0.3) is 11.8 Å². The Bertz CT molecular complexity index is 2280. The number of ether oxygens (including phenoxy) is 3. The van der Waals surface area contributed by atoms with Crippen molar-refractivity contribution < 1.29 is 67.9 Å². The number of carboxylic acid groups (broad SMARTS) is 2. The maximum absolute atomic E-state index is 14.3. The Kier molecular flexibility index (Phi) is 27.7. The van der Waals surface area contributed by atoms with Crippen LogP contribution in [0.4, 0.5) is 5.69 Å². The molecule has 5 amide bonds. The van der Waals surface area contributed by atoms with Gasteiger partial charge < -0.3 is 61.0 Å². The average Bonchev–Trinajstić information content (AvgIpc) is 3.86. The second-order valence-electron chi connectivity index (χ2n) is 19.1. The first-order valence-corrected chi connectivity index (χ1v) is 26.4. The molecular formula is C52H78N8O14S. The predicted octanol–water partition coefficient (Wildman–Crippen LogP) is 3.20. The Morgan fingerprint density at radius 2 is 1.67 bits per heavy atom. The van der Waals surface area contributed by atoms with Crippen molar-refractivity contribution >= 4 is 64.5 Å². The van der Waals surface area contributed by atoms with Crippen LogP contribution in [-0.4, -0.2) is 169 Å². The summed E-state index contributed by atoms with van der Waals surface area (Å²) < 4.78 is 16.4. The minimum Gasteiger partial charge on any atom is -0.506 e. The highest BCUT2D eigenvalue weighted by Gasteiger charge is 2.37. The van der Waals surface area contributed by atoms with E-state index in [2.05, 4.69) is 43.4 Å².